The van der Waals surface area contributed by atoms with Crippen LogP contribution in [0.15, 0.2) is 18.6 Å². The molecule has 2 heterocycles. The molecule has 0 saturated carbocycles. The van der Waals surface area contributed by atoms with Crippen molar-refractivity contribution in [1.82, 2.24) is 9.97 Å². The Bertz CT molecular complexity index is 306. The summed E-state index contributed by atoms with van der Waals surface area (Å²) in [5.74, 6) is -0.793. The van der Waals surface area contributed by atoms with E-state index in [0.717, 1.165) is 0 Å². The first kappa shape index (κ1) is 9.51. The van der Waals surface area contributed by atoms with Crippen molar-refractivity contribution in [2.75, 3.05) is 13.2 Å². The van der Waals surface area contributed by atoms with E-state index in [2.05, 4.69) is 9.97 Å². The SMILES string of the molecule is CC1(c2cnccn2)OCC(CN)O1. The van der Waals surface area contributed by atoms with Crippen molar-refractivity contribution in [3.63, 3.8) is 0 Å². The largest absolute Gasteiger partial charge is 0.342 e. The van der Waals surface area contributed by atoms with E-state index < -0.39 is 5.79 Å². The van der Waals surface area contributed by atoms with Crippen LogP contribution in [0.5, 0.6) is 0 Å². The Hall–Kier alpha value is -1.04. The molecule has 0 bridgehead atoms. The lowest BCUT2D eigenvalue weighted by atomic mass is 10.2. The van der Waals surface area contributed by atoms with Gasteiger partial charge in [0.05, 0.1) is 18.9 Å². The van der Waals surface area contributed by atoms with E-state index in [1.807, 2.05) is 6.92 Å². The van der Waals surface area contributed by atoms with Gasteiger partial charge in [-0.15, -0.1) is 0 Å². The van der Waals surface area contributed by atoms with Crippen LogP contribution in [0.4, 0.5) is 0 Å². The first-order valence-corrected chi connectivity index (χ1v) is 4.53. The summed E-state index contributed by atoms with van der Waals surface area (Å²) in [6.45, 7) is 2.78. The van der Waals surface area contributed by atoms with Crippen LogP contribution in [0.1, 0.15) is 12.6 Å². The highest BCUT2D eigenvalue weighted by atomic mass is 16.7. The number of ether oxygens (including phenoxy) is 2. The summed E-state index contributed by atoms with van der Waals surface area (Å²) in [6, 6.07) is 0. The Morgan fingerprint density at radius 2 is 2.50 bits per heavy atom. The lowest BCUT2D eigenvalue weighted by Gasteiger charge is -2.21. The predicted octanol–water partition coefficient (Wildman–Crippen LogP) is 0.0234. The molecule has 0 radical (unpaired) electrons. The maximum absolute atomic E-state index is 5.63. The van der Waals surface area contributed by atoms with Crippen LogP contribution in [-0.2, 0) is 15.3 Å². The topological polar surface area (TPSA) is 70.3 Å². The molecule has 1 aromatic heterocycles. The Kier molecular flexibility index (Phi) is 2.45. The highest BCUT2D eigenvalue weighted by Gasteiger charge is 2.39. The quantitative estimate of drug-likeness (QED) is 0.720. The minimum absolute atomic E-state index is 0.0537. The molecule has 2 rings (SSSR count). The number of rotatable bonds is 2. The predicted molar refractivity (Wildman–Crippen MR) is 49.3 cm³/mol. The molecule has 1 saturated heterocycles. The lowest BCUT2D eigenvalue weighted by molar-refractivity contribution is -0.163. The molecule has 0 spiro atoms. The molecule has 0 aromatic carbocycles. The van der Waals surface area contributed by atoms with Crippen molar-refractivity contribution in [1.29, 1.82) is 0 Å². The third-order valence-electron chi connectivity index (χ3n) is 2.23. The van der Waals surface area contributed by atoms with Gasteiger partial charge in [0, 0.05) is 18.9 Å². The van der Waals surface area contributed by atoms with Gasteiger partial charge in [-0.05, 0) is 6.92 Å². The smallest absolute Gasteiger partial charge is 0.211 e. The second-order valence-corrected chi connectivity index (χ2v) is 3.32. The summed E-state index contributed by atoms with van der Waals surface area (Å²) in [5, 5.41) is 0. The first-order valence-electron chi connectivity index (χ1n) is 4.53. The minimum Gasteiger partial charge on any atom is -0.342 e. The molecule has 76 valence electrons. The average molecular weight is 195 g/mol. The van der Waals surface area contributed by atoms with E-state index in [0.29, 0.717) is 18.8 Å². The van der Waals surface area contributed by atoms with Crippen LogP contribution in [0.3, 0.4) is 0 Å². The third-order valence-corrected chi connectivity index (χ3v) is 2.23. The molecule has 5 heteroatoms. The Balaban J connectivity index is 2.19. The second kappa shape index (κ2) is 3.61. The van der Waals surface area contributed by atoms with E-state index in [-0.39, 0.29) is 6.10 Å². The molecule has 5 nitrogen and oxygen atoms in total. The van der Waals surface area contributed by atoms with Crippen LogP contribution in [0.25, 0.3) is 0 Å². The van der Waals surface area contributed by atoms with E-state index in [1.54, 1.807) is 18.6 Å². The molecule has 14 heavy (non-hydrogen) atoms. The molecule has 0 aliphatic carbocycles. The number of nitrogens with zero attached hydrogens (tertiary/aromatic N) is 2. The standard InChI is InChI=1S/C9H13N3O2/c1-9(8-5-11-2-3-12-8)13-6-7(4-10)14-9/h2-3,5,7H,4,6,10H2,1H3. The van der Waals surface area contributed by atoms with Crippen molar-refractivity contribution in [2.24, 2.45) is 5.73 Å². The van der Waals surface area contributed by atoms with Crippen molar-refractivity contribution in [3.05, 3.63) is 24.3 Å². The molecule has 1 aliphatic heterocycles. The van der Waals surface area contributed by atoms with Gasteiger partial charge in [-0.1, -0.05) is 0 Å². The van der Waals surface area contributed by atoms with E-state index in [4.69, 9.17) is 15.2 Å². The van der Waals surface area contributed by atoms with Crippen molar-refractivity contribution >= 4 is 0 Å². The fourth-order valence-corrected chi connectivity index (χ4v) is 1.42. The third kappa shape index (κ3) is 1.61. The van der Waals surface area contributed by atoms with Gasteiger partial charge in [-0.25, -0.2) is 0 Å². The Morgan fingerprint density at radius 3 is 3.07 bits per heavy atom. The van der Waals surface area contributed by atoms with Crippen LogP contribution in [0.2, 0.25) is 0 Å². The van der Waals surface area contributed by atoms with Crippen molar-refractivity contribution < 1.29 is 9.47 Å². The first-order chi connectivity index (χ1) is 6.74. The maximum atomic E-state index is 5.63. The van der Waals surface area contributed by atoms with Crippen LogP contribution >= 0.6 is 0 Å². The average Bonchev–Trinajstić information content (AvgIpc) is 2.63. The van der Waals surface area contributed by atoms with Crippen LogP contribution in [0, 0.1) is 0 Å². The van der Waals surface area contributed by atoms with Crippen LogP contribution in [-0.4, -0.2) is 29.2 Å². The molecule has 2 atom stereocenters. The zero-order valence-corrected chi connectivity index (χ0v) is 8.01. The van der Waals surface area contributed by atoms with Gasteiger partial charge in [-0.2, -0.15) is 0 Å². The molecule has 1 aliphatic rings. The van der Waals surface area contributed by atoms with E-state index in [1.165, 1.54) is 0 Å². The molecular formula is C9H13N3O2. The van der Waals surface area contributed by atoms with Crippen molar-refractivity contribution in [3.8, 4) is 0 Å². The monoisotopic (exact) mass is 195 g/mol. The lowest BCUT2D eigenvalue weighted by Crippen LogP contribution is -2.28. The number of hydrogen-bond donors (Lipinski definition) is 1. The van der Waals surface area contributed by atoms with Gasteiger partial charge < -0.3 is 15.2 Å². The summed E-state index contributed by atoms with van der Waals surface area (Å²) in [4.78, 5) is 8.12. The molecule has 0 amide bonds. The van der Waals surface area contributed by atoms with Gasteiger partial charge in [0.2, 0.25) is 5.79 Å². The fourth-order valence-electron chi connectivity index (χ4n) is 1.42. The zero-order chi connectivity index (χ0) is 10.0. The Morgan fingerprint density at radius 1 is 1.64 bits per heavy atom. The fraction of sp³-hybridized carbons (Fsp3) is 0.556. The molecular weight excluding hydrogens is 182 g/mol. The molecule has 2 unspecified atom stereocenters. The van der Waals surface area contributed by atoms with Crippen LogP contribution < -0.4 is 5.73 Å². The summed E-state index contributed by atoms with van der Waals surface area (Å²) >= 11 is 0. The minimum atomic E-state index is -0.793. The Labute approximate surface area is 82.3 Å². The molecule has 2 N–H and O–H groups in total. The van der Waals surface area contributed by atoms with Crippen molar-refractivity contribution in [2.45, 2.75) is 18.8 Å². The highest BCUT2D eigenvalue weighted by molar-refractivity contribution is 5.04. The van der Waals surface area contributed by atoms with Gasteiger partial charge in [0.1, 0.15) is 5.69 Å². The zero-order valence-electron chi connectivity index (χ0n) is 8.01. The summed E-state index contributed by atoms with van der Waals surface area (Å²) in [7, 11) is 0. The summed E-state index contributed by atoms with van der Waals surface area (Å²) in [5.41, 5.74) is 6.17. The normalized spacial score (nSPS) is 32.0. The van der Waals surface area contributed by atoms with E-state index >= 15 is 0 Å². The van der Waals surface area contributed by atoms with E-state index in [9.17, 15) is 0 Å². The highest BCUT2D eigenvalue weighted by Crippen LogP contribution is 2.31. The molecule has 1 fully saturated rings. The maximum Gasteiger partial charge on any atom is 0.211 e. The number of nitrogens with two attached hydrogens (primary N) is 1. The number of hydrogen-bond acceptors (Lipinski definition) is 5. The van der Waals surface area contributed by atoms with Gasteiger partial charge in [-0.3, -0.25) is 9.97 Å². The second-order valence-electron chi connectivity index (χ2n) is 3.32. The molecule has 1 aromatic rings. The van der Waals surface area contributed by atoms with Gasteiger partial charge >= 0.3 is 0 Å². The summed E-state index contributed by atoms with van der Waals surface area (Å²) in [6.07, 6.45) is 4.81. The number of aromatic nitrogens is 2. The summed E-state index contributed by atoms with van der Waals surface area (Å²) < 4.78 is 11.2. The van der Waals surface area contributed by atoms with Gasteiger partial charge in [0.15, 0.2) is 0 Å². The van der Waals surface area contributed by atoms with Gasteiger partial charge in [0.25, 0.3) is 0 Å².